The number of urea groups is 1. The van der Waals surface area contributed by atoms with E-state index in [-0.39, 0.29) is 18.4 Å². The van der Waals surface area contributed by atoms with Crippen LogP contribution in [0.3, 0.4) is 0 Å². The van der Waals surface area contributed by atoms with Crippen LogP contribution in [0, 0.1) is 0 Å². The second-order valence-corrected chi connectivity index (χ2v) is 6.27. The largest absolute Gasteiger partial charge is 0.456 e. The van der Waals surface area contributed by atoms with Crippen LogP contribution >= 0.6 is 12.6 Å². The maximum atomic E-state index is 15.4. The van der Waals surface area contributed by atoms with Crippen LogP contribution in [0.1, 0.15) is 37.0 Å². The molecule has 9 heteroatoms. The van der Waals surface area contributed by atoms with E-state index in [1.807, 2.05) is 5.32 Å². The Labute approximate surface area is 169 Å². The monoisotopic (exact) mass is 412 g/mol. The van der Waals surface area contributed by atoms with E-state index in [1.54, 1.807) is 37.3 Å². The first-order chi connectivity index (χ1) is 13.4. The minimum absolute atomic E-state index is 0.0953. The van der Waals surface area contributed by atoms with Gasteiger partial charge in [-0.15, -0.1) is 0 Å². The van der Waals surface area contributed by atoms with Gasteiger partial charge in [0.25, 0.3) is 0 Å². The van der Waals surface area contributed by atoms with E-state index in [0.29, 0.717) is 12.2 Å². The molecule has 2 atom stereocenters. The zero-order valence-electron chi connectivity index (χ0n) is 15.8. The molecule has 0 heterocycles. The number of carbonyl (C=O) groups excluding carboxylic acids is 3. The van der Waals surface area contributed by atoms with Gasteiger partial charge in [0, 0.05) is 12.6 Å². The quantitative estimate of drug-likeness (QED) is 0.252. The first kappa shape index (κ1) is 23.6. The standard InChI is InChI=1S/C19H25FN2O5S/c1-3-11-22(18(25)21-14-23)15(2)27-19(20,10-7-12-28)13-26-17(24)16-8-5-4-6-9-16/h3-6,8-9,11,14-15,28H,7,10,12-13H2,1-2H3,(H,21,23,25)/b11-3-/t15?,19-/m0/s1. The Kier molecular flexibility index (Phi) is 10.3. The average Bonchev–Trinajstić information content (AvgIpc) is 2.69. The van der Waals surface area contributed by atoms with Gasteiger partial charge in [-0.05, 0) is 38.2 Å². The number of imide groups is 1. The summed E-state index contributed by atoms with van der Waals surface area (Å²) in [5.74, 6) is -2.62. The molecule has 154 valence electrons. The Morgan fingerprint density at radius 1 is 1.36 bits per heavy atom. The lowest BCUT2D eigenvalue weighted by atomic mass is 10.2. The van der Waals surface area contributed by atoms with Crippen molar-refractivity contribution in [3.05, 3.63) is 48.2 Å². The lowest BCUT2D eigenvalue weighted by Crippen LogP contribution is -2.47. The summed E-state index contributed by atoms with van der Waals surface area (Å²) in [4.78, 5) is 35.6. The SMILES string of the molecule is C/C=C\N(C(=O)NC=O)C(C)O[C@@](F)(CCCS)COC(=O)c1ccccc1. The lowest BCUT2D eigenvalue weighted by molar-refractivity contribution is -0.220. The number of hydrogen-bond donors (Lipinski definition) is 2. The van der Waals surface area contributed by atoms with Crippen LogP contribution in [0.5, 0.6) is 0 Å². The molecule has 7 nitrogen and oxygen atoms in total. The summed E-state index contributed by atoms with van der Waals surface area (Å²) in [6.07, 6.45) is 2.29. The number of thiol groups is 1. The number of nitrogens with one attached hydrogen (secondary N) is 1. The van der Waals surface area contributed by atoms with Crippen LogP contribution < -0.4 is 5.32 Å². The van der Waals surface area contributed by atoms with Crippen molar-refractivity contribution in [2.45, 2.75) is 38.8 Å². The number of ether oxygens (including phenoxy) is 2. The van der Waals surface area contributed by atoms with Gasteiger partial charge in [-0.3, -0.25) is 15.0 Å². The van der Waals surface area contributed by atoms with Gasteiger partial charge in [-0.1, -0.05) is 24.3 Å². The summed E-state index contributed by atoms with van der Waals surface area (Å²) in [5.41, 5.74) is 0.285. The van der Waals surface area contributed by atoms with Crippen molar-refractivity contribution in [2.24, 2.45) is 0 Å². The first-order valence-electron chi connectivity index (χ1n) is 8.72. The smallest absolute Gasteiger partial charge is 0.338 e. The summed E-state index contributed by atoms with van der Waals surface area (Å²) in [5, 5.41) is 1.97. The minimum Gasteiger partial charge on any atom is -0.456 e. The highest BCUT2D eigenvalue weighted by Gasteiger charge is 2.36. The maximum Gasteiger partial charge on any atom is 0.338 e. The van der Waals surface area contributed by atoms with E-state index in [4.69, 9.17) is 9.47 Å². The van der Waals surface area contributed by atoms with Crippen LogP contribution in [0.15, 0.2) is 42.6 Å². The van der Waals surface area contributed by atoms with Gasteiger partial charge >= 0.3 is 12.0 Å². The van der Waals surface area contributed by atoms with Crippen LogP contribution in [-0.2, 0) is 14.3 Å². The van der Waals surface area contributed by atoms with E-state index in [0.717, 1.165) is 4.90 Å². The lowest BCUT2D eigenvalue weighted by Gasteiger charge is -2.33. The Hall–Kier alpha value is -2.39. The zero-order valence-corrected chi connectivity index (χ0v) is 16.7. The van der Waals surface area contributed by atoms with E-state index >= 15 is 4.39 Å². The third kappa shape index (κ3) is 7.69. The summed E-state index contributed by atoms with van der Waals surface area (Å²) in [7, 11) is 0. The van der Waals surface area contributed by atoms with E-state index in [2.05, 4.69) is 12.6 Å². The number of hydrogen-bond acceptors (Lipinski definition) is 6. The van der Waals surface area contributed by atoms with Crippen molar-refractivity contribution < 1.29 is 28.2 Å². The maximum absolute atomic E-state index is 15.4. The van der Waals surface area contributed by atoms with Crippen LogP contribution in [0.2, 0.25) is 0 Å². The highest BCUT2D eigenvalue weighted by molar-refractivity contribution is 7.80. The summed E-state index contributed by atoms with van der Waals surface area (Å²) in [6.45, 7) is 2.44. The molecule has 0 aliphatic carbocycles. The van der Waals surface area contributed by atoms with Gasteiger partial charge in [0.2, 0.25) is 12.3 Å². The van der Waals surface area contributed by atoms with E-state index < -0.39 is 30.7 Å². The Morgan fingerprint density at radius 2 is 2.04 bits per heavy atom. The molecule has 1 aromatic rings. The van der Waals surface area contributed by atoms with E-state index in [1.165, 1.54) is 19.2 Å². The van der Waals surface area contributed by atoms with Gasteiger partial charge in [-0.2, -0.15) is 12.6 Å². The normalized spacial score (nSPS) is 14.1. The molecule has 0 fully saturated rings. The number of halogens is 1. The number of alkyl halides is 1. The number of rotatable bonds is 11. The van der Waals surface area contributed by atoms with Crippen LogP contribution in [0.4, 0.5) is 9.18 Å². The molecule has 0 saturated carbocycles. The summed E-state index contributed by atoms with van der Waals surface area (Å²) >= 11 is 4.07. The molecular weight excluding hydrogens is 387 g/mol. The number of esters is 1. The number of allylic oxidation sites excluding steroid dienone is 1. The Bertz CT molecular complexity index is 674. The zero-order chi connectivity index (χ0) is 21.0. The van der Waals surface area contributed by atoms with Gasteiger partial charge in [-0.25, -0.2) is 14.0 Å². The fourth-order valence-corrected chi connectivity index (χ4v) is 2.50. The number of carbonyl (C=O) groups is 3. The highest BCUT2D eigenvalue weighted by Crippen LogP contribution is 2.25. The number of amides is 3. The van der Waals surface area contributed by atoms with Gasteiger partial charge in [0.15, 0.2) is 6.61 Å². The molecule has 1 N–H and O–H groups in total. The fourth-order valence-electron chi connectivity index (χ4n) is 2.34. The van der Waals surface area contributed by atoms with Crippen molar-refractivity contribution >= 4 is 31.0 Å². The number of nitrogens with zero attached hydrogens (tertiary/aromatic N) is 1. The van der Waals surface area contributed by atoms with Gasteiger partial charge < -0.3 is 9.47 Å². The minimum atomic E-state index is -2.34. The van der Waals surface area contributed by atoms with E-state index in [9.17, 15) is 14.4 Å². The first-order valence-corrected chi connectivity index (χ1v) is 9.35. The molecule has 0 aromatic heterocycles. The summed E-state index contributed by atoms with van der Waals surface area (Å²) in [6, 6.07) is 7.40. The predicted molar refractivity (Wildman–Crippen MR) is 105 cm³/mol. The molecule has 28 heavy (non-hydrogen) atoms. The second kappa shape index (κ2) is 12.1. The average molecular weight is 412 g/mol. The van der Waals surface area contributed by atoms with Gasteiger partial charge in [0.1, 0.15) is 6.23 Å². The molecular formula is C19H25FN2O5S. The van der Waals surface area contributed by atoms with Crippen molar-refractivity contribution in [2.75, 3.05) is 12.4 Å². The molecule has 0 bridgehead atoms. The Morgan fingerprint density at radius 3 is 2.61 bits per heavy atom. The molecule has 0 saturated heterocycles. The van der Waals surface area contributed by atoms with Crippen molar-refractivity contribution in [3.8, 4) is 0 Å². The van der Waals surface area contributed by atoms with Crippen LogP contribution in [0.25, 0.3) is 0 Å². The molecule has 0 radical (unpaired) electrons. The molecule has 0 spiro atoms. The molecule has 0 aliphatic rings. The topological polar surface area (TPSA) is 84.9 Å². The Balaban J connectivity index is 2.86. The third-order valence-electron chi connectivity index (χ3n) is 3.64. The fraction of sp³-hybridized carbons (Fsp3) is 0.421. The molecule has 3 amide bonds. The van der Waals surface area contributed by atoms with Gasteiger partial charge in [0.05, 0.1) is 5.56 Å². The third-order valence-corrected chi connectivity index (χ3v) is 3.95. The van der Waals surface area contributed by atoms with Crippen molar-refractivity contribution in [1.29, 1.82) is 0 Å². The van der Waals surface area contributed by atoms with Crippen LogP contribution in [-0.4, -0.2) is 47.8 Å². The molecule has 1 aromatic carbocycles. The molecule has 0 aliphatic heterocycles. The van der Waals surface area contributed by atoms with Crippen molar-refractivity contribution in [3.63, 3.8) is 0 Å². The molecule has 1 unspecified atom stereocenters. The van der Waals surface area contributed by atoms with Crippen molar-refractivity contribution in [1.82, 2.24) is 10.2 Å². The molecule has 1 rings (SSSR count). The predicted octanol–water partition coefficient (Wildman–Crippen LogP) is 3.28. The second-order valence-electron chi connectivity index (χ2n) is 5.83. The summed E-state index contributed by atoms with van der Waals surface area (Å²) < 4.78 is 25.9. The number of benzene rings is 1. The highest BCUT2D eigenvalue weighted by atomic mass is 32.1.